The molecule has 1 N–H and O–H groups in total. The van der Waals surface area contributed by atoms with Gasteiger partial charge in [-0.3, -0.25) is 10.1 Å². The van der Waals surface area contributed by atoms with Gasteiger partial charge in [-0.25, -0.2) is 9.78 Å². The minimum Gasteiger partial charge on any atom is -0.453 e. The smallest absolute Gasteiger partial charge is 0.413 e. The van der Waals surface area contributed by atoms with Crippen LogP contribution in [0.4, 0.5) is 9.93 Å². The Morgan fingerprint density at radius 1 is 1.32 bits per heavy atom. The van der Waals surface area contributed by atoms with Crippen LogP contribution in [0.2, 0.25) is 0 Å². The lowest BCUT2D eigenvalue weighted by Crippen LogP contribution is -2.35. The van der Waals surface area contributed by atoms with Crippen molar-refractivity contribution in [3.8, 4) is 0 Å². The Labute approximate surface area is 131 Å². The summed E-state index contributed by atoms with van der Waals surface area (Å²) in [6, 6.07) is 9.23. The lowest BCUT2D eigenvalue weighted by molar-refractivity contribution is 0.0736. The van der Waals surface area contributed by atoms with Crippen LogP contribution >= 0.6 is 11.3 Å². The van der Waals surface area contributed by atoms with Crippen LogP contribution in [0.3, 0.4) is 0 Å². The number of thiazole rings is 1. The van der Waals surface area contributed by atoms with Crippen molar-refractivity contribution in [1.29, 1.82) is 0 Å². The lowest BCUT2D eigenvalue weighted by atomic mass is 10.1. The first-order valence-electron chi connectivity index (χ1n) is 6.85. The van der Waals surface area contributed by atoms with Crippen molar-refractivity contribution >= 4 is 28.5 Å². The molecule has 2 amide bonds. The molecular weight excluding hydrogens is 302 g/mol. The molecule has 0 saturated carbocycles. The number of aromatic nitrogens is 1. The number of carbonyl (C=O) groups excluding carboxylic acids is 2. The summed E-state index contributed by atoms with van der Waals surface area (Å²) in [5, 5.41) is 3.07. The summed E-state index contributed by atoms with van der Waals surface area (Å²) in [4.78, 5) is 30.9. The topological polar surface area (TPSA) is 71.5 Å². The quantitative estimate of drug-likeness (QED) is 0.924. The third-order valence-electron chi connectivity index (χ3n) is 3.43. The summed E-state index contributed by atoms with van der Waals surface area (Å²) in [5.74, 6) is 0.0159. The molecule has 7 heteroatoms. The second-order valence-electron chi connectivity index (χ2n) is 4.85. The molecule has 0 bridgehead atoms. The number of ether oxygens (including phenoxy) is 1. The normalized spacial score (nSPS) is 13.4. The van der Waals surface area contributed by atoms with Crippen molar-refractivity contribution in [2.24, 2.45) is 0 Å². The molecule has 114 valence electrons. The summed E-state index contributed by atoms with van der Waals surface area (Å²) < 4.78 is 4.56. The second kappa shape index (κ2) is 6.15. The van der Waals surface area contributed by atoms with Gasteiger partial charge in [0.25, 0.3) is 5.91 Å². The number of nitrogens with one attached hydrogen (secondary N) is 1. The number of amides is 2. The maximum absolute atomic E-state index is 12.5. The van der Waals surface area contributed by atoms with Gasteiger partial charge in [-0.2, -0.15) is 0 Å². The molecule has 3 rings (SSSR count). The van der Waals surface area contributed by atoms with Crippen LogP contribution in [-0.2, 0) is 17.7 Å². The van der Waals surface area contributed by atoms with Crippen molar-refractivity contribution in [3.05, 3.63) is 46.5 Å². The number of hydrogen-bond acceptors (Lipinski definition) is 5. The van der Waals surface area contributed by atoms with E-state index >= 15 is 0 Å². The van der Waals surface area contributed by atoms with Gasteiger partial charge >= 0.3 is 6.09 Å². The monoisotopic (exact) mass is 317 g/mol. The first-order valence-corrected chi connectivity index (χ1v) is 7.67. The van der Waals surface area contributed by atoms with Gasteiger partial charge < -0.3 is 9.64 Å². The fourth-order valence-electron chi connectivity index (χ4n) is 2.32. The molecule has 1 aliphatic heterocycles. The van der Waals surface area contributed by atoms with Crippen LogP contribution in [-0.4, -0.2) is 35.5 Å². The average Bonchev–Trinajstić information content (AvgIpc) is 2.96. The molecular formula is C15H15N3O3S. The first kappa shape index (κ1) is 14.5. The van der Waals surface area contributed by atoms with Gasteiger partial charge in [0, 0.05) is 23.4 Å². The van der Waals surface area contributed by atoms with Gasteiger partial charge in [-0.1, -0.05) is 29.5 Å². The summed E-state index contributed by atoms with van der Waals surface area (Å²) in [6.45, 7) is 1.14. The van der Waals surface area contributed by atoms with Gasteiger partial charge in [0.05, 0.1) is 19.3 Å². The number of nitrogens with zero attached hydrogens (tertiary/aromatic N) is 2. The molecule has 2 aromatic rings. The maximum atomic E-state index is 12.5. The molecule has 0 atom stereocenters. The number of hydrogen-bond donors (Lipinski definition) is 1. The van der Waals surface area contributed by atoms with Gasteiger partial charge in [0.2, 0.25) is 0 Å². The third kappa shape index (κ3) is 2.94. The molecule has 0 fully saturated rings. The SMILES string of the molecule is COC(=O)Nc1nc2c(s1)CN(C(=O)c1ccccc1)CC2. The van der Waals surface area contributed by atoms with Gasteiger partial charge in [-0.05, 0) is 12.1 Å². The zero-order valence-corrected chi connectivity index (χ0v) is 12.9. The Kier molecular flexibility index (Phi) is 4.06. The van der Waals surface area contributed by atoms with Crippen LogP contribution < -0.4 is 5.32 Å². The van der Waals surface area contributed by atoms with Crippen molar-refractivity contribution in [3.63, 3.8) is 0 Å². The number of fused-ring (bicyclic) bond motifs is 1. The minimum atomic E-state index is -0.539. The third-order valence-corrected chi connectivity index (χ3v) is 4.43. The van der Waals surface area contributed by atoms with Crippen molar-refractivity contribution in [2.45, 2.75) is 13.0 Å². The average molecular weight is 317 g/mol. The molecule has 6 nitrogen and oxygen atoms in total. The van der Waals surface area contributed by atoms with Gasteiger partial charge in [-0.15, -0.1) is 0 Å². The molecule has 0 aliphatic carbocycles. The van der Waals surface area contributed by atoms with Crippen molar-refractivity contribution < 1.29 is 14.3 Å². The number of rotatable bonds is 2. The molecule has 0 unspecified atom stereocenters. The molecule has 0 spiro atoms. The van der Waals surface area contributed by atoms with Crippen LogP contribution in [0, 0.1) is 0 Å². The van der Waals surface area contributed by atoms with E-state index < -0.39 is 6.09 Å². The minimum absolute atomic E-state index is 0.0159. The number of carbonyl (C=O) groups is 2. The van der Waals surface area contributed by atoms with E-state index in [1.54, 1.807) is 4.90 Å². The molecule has 1 aliphatic rings. The summed E-state index contributed by atoms with van der Waals surface area (Å²) >= 11 is 1.38. The predicted octanol–water partition coefficient (Wildman–Crippen LogP) is 2.52. The van der Waals surface area contributed by atoms with E-state index in [4.69, 9.17) is 0 Å². The molecule has 22 heavy (non-hydrogen) atoms. The molecule has 0 radical (unpaired) electrons. The first-order chi connectivity index (χ1) is 10.7. The Hall–Kier alpha value is -2.41. The van der Waals surface area contributed by atoms with Gasteiger partial charge in [0.1, 0.15) is 0 Å². The van der Waals surface area contributed by atoms with E-state index in [1.165, 1.54) is 18.4 Å². The van der Waals surface area contributed by atoms with E-state index in [1.807, 2.05) is 30.3 Å². The number of benzene rings is 1. The van der Waals surface area contributed by atoms with E-state index in [0.29, 0.717) is 30.2 Å². The Morgan fingerprint density at radius 2 is 2.09 bits per heavy atom. The van der Waals surface area contributed by atoms with E-state index in [-0.39, 0.29) is 5.91 Å². The van der Waals surface area contributed by atoms with E-state index in [2.05, 4.69) is 15.0 Å². The zero-order chi connectivity index (χ0) is 15.5. The standard InChI is InChI=1S/C15H15N3O3S/c1-21-15(20)17-14-16-11-7-8-18(9-12(11)22-14)13(19)10-5-3-2-4-6-10/h2-6H,7-9H2,1H3,(H,16,17,20). The van der Waals surface area contributed by atoms with E-state index in [9.17, 15) is 9.59 Å². The largest absolute Gasteiger partial charge is 0.453 e. The predicted molar refractivity (Wildman–Crippen MR) is 83.0 cm³/mol. The van der Waals surface area contributed by atoms with Crippen LogP contribution in [0.1, 0.15) is 20.9 Å². The highest BCUT2D eigenvalue weighted by Gasteiger charge is 2.25. The Balaban J connectivity index is 1.74. The van der Waals surface area contributed by atoms with E-state index in [0.717, 1.165) is 10.6 Å². The Morgan fingerprint density at radius 3 is 2.82 bits per heavy atom. The highest BCUT2D eigenvalue weighted by Crippen LogP contribution is 2.29. The fraction of sp³-hybridized carbons (Fsp3) is 0.267. The summed E-state index contributed by atoms with van der Waals surface area (Å²) in [7, 11) is 1.31. The summed E-state index contributed by atoms with van der Waals surface area (Å²) in [6.07, 6.45) is 0.149. The maximum Gasteiger partial charge on any atom is 0.413 e. The Bertz CT molecular complexity index is 699. The number of anilines is 1. The highest BCUT2D eigenvalue weighted by molar-refractivity contribution is 7.15. The molecule has 2 heterocycles. The molecule has 0 saturated heterocycles. The van der Waals surface area contributed by atoms with Crippen LogP contribution in [0.5, 0.6) is 0 Å². The van der Waals surface area contributed by atoms with Crippen LogP contribution in [0.15, 0.2) is 30.3 Å². The molecule has 1 aromatic carbocycles. The zero-order valence-electron chi connectivity index (χ0n) is 12.0. The highest BCUT2D eigenvalue weighted by atomic mass is 32.1. The second-order valence-corrected chi connectivity index (χ2v) is 5.93. The number of methoxy groups -OCH3 is 1. The molecule has 1 aromatic heterocycles. The van der Waals surface area contributed by atoms with Crippen LogP contribution in [0.25, 0.3) is 0 Å². The fourth-order valence-corrected chi connectivity index (χ4v) is 3.33. The van der Waals surface area contributed by atoms with Crippen molar-refractivity contribution in [2.75, 3.05) is 19.0 Å². The lowest BCUT2D eigenvalue weighted by Gasteiger charge is -2.26. The van der Waals surface area contributed by atoms with Crippen molar-refractivity contribution in [1.82, 2.24) is 9.88 Å². The van der Waals surface area contributed by atoms with Gasteiger partial charge in [0.15, 0.2) is 5.13 Å². The summed E-state index contributed by atoms with van der Waals surface area (Å²) in [5.41, 5.74) is 1.62.